The molecular weight excluding hydrogens is 459 g/mol. The van der Waals surface area contributed by atoms with Gasteiger partial charge in [-0.05, 0) is 54.5 Å². The van der Waals surface area contributed by atoms with Gasteiger partial charge in [-0.3, -0.25) is 4.72 Å². The van der Waals surface area contributed by atoms with Crippen LogP contribution >= 0.6 is 27.5 Å². The number of rotatable bonds is 12. The van der Waals surface area contributed by atoms with Gasteiger partial charge < -0.3 is 16.0 Å². The van der Waals surface area contributed by atoms with Gasteiger partial charge in [0, 0.05) is 35.6 Å². The van der Waals surface area contributed by atoms with Crippen molar-refractivity contribution in [2.24, 2.45) is 0 Å². The van der Waals surface area contributed by atoms with Gasteiger partial charge in [0.1, 0.15) is 17.0 Å². The molecular formula is C15H22BrFN6O2S2. The van der Waals surface area contributed by atoms with E-state index >= 15 is 0 Å². The van der Waals surface area contributed by atoms with E-state index in [2.05, 4.69) is 46.0 Å². The molecule has 0 unspecified atom stereocenters. The van der Waals surface area contributed by atoms with Crippen LogP contribution in [-0.2, 0) is 10.0 Å². The molecule has 8 nitrogen and oxygen atoms in total. The van der Waals surface area contributed by atoms with Gasteiger partial charge in [0.15, 0.2) is 0 Å². The van der Waals surface area contributed by atoms with Gasteiger partial charge in [0.2, 0.25) is 5.13 Å². The number of anilines is 2. The van der Waals surface area contributed by atoms with Crippen LogP contribution in [0.4, 0.5) is 15.2 Å². The Morgan fingerprint density at radius 3 is 2.67 bits per heavy atom. The molecule has 27 heavy (non-hydrogen) atoms. The van der Waals surface area contributed by atoms with Gasteiger partial charge in [0.05, 0.1) is 5.69 Å². The Morgan fingerprint density at radius 2 is 1.96 bits per heavy atom. The van der Waals surface area contributed by atoms with Crippen LogP contribution < -0.4 is 20.7 Å². The minimum absolute atomic E-state index is 0.0797. The maximum absolute atomic E-state index is 14.4. The van der Waals surface area contributed by atoms with Crippen molar-refractivity contribution >= 4 is 48.3 Å². The van der Waals surface area contributed by atoms with Crippen molar-refractivity contribution in [3.05, 3.63) is 28.7 Å². The zero-order valence-corrected chi connectivity index (χ0v) is 18.0. The molecule has 0 radical (unpaired) electrons. The minimum Gasteiger partial charge on any atom is -0.384 e. The fraction of sp³-hybridized carbons (Fsp3) is 0.467. The van der Waals surface area contributed by atoms with E-state index in [-0.39, 0.29) is 5.13 Å². The van der Waals surface area contributed by atoms with E-state index in [9.17, 15) is 12.8 Å². The van der Waals surface area contributed by atoms with Crippen LogP contribution in [0.3, 0.4) is 0 Å². The Bertz CT molecular complexity index is 820. The number of halogens is 2. The van der Waals surface area contributed by atoms with Gasteiger partial charge in [-0.15, -0.1) is 0 Å². The van der Waals surface area contributed by atoms with E-state index in [1.54, 1.807) is 0 Å². The Kier molecular flexibility index (Phi) is 8.83. The molecule has 0 bridgehead atoms. The molecule has 4 N–H and O–H groups in total. The van der Waals surface area contributed by atoms with Crippen LogP contribution in [0.5, 0.6) is 0 Å². The summed E-state index contributed by atoms with van der Waals surface area (Å²) < 4.78 is 45.4. The molecule has 0 amide bonds. The monoisotopic (exact) mass is 480 g/mol. The lowest BCUT2D eigenvalue weighted by atomic mass is 10.2. The maximum atomic E-state index is 14.4. The molecule has 2 aromatic rings. The summed E-state index contributed by atoms with van der Waals surface area (Å²) in [5, 5.41) is 9.56. The molecule has 2 rings (SSSR count). The van der Waals surface area contributed by atoms with Gasteiger partial charge in [-0.2, -0.15) is 4.37 Å². The molecule has 0 fully saturated rings. The highest BCUT2D eigenvalue weighted by molar-refractivity contribution is 9.10. The Balaban J connectivity index is 1.90. The lowest BCUT2D eigenvalue weighted by molar-refractivity contribution is 0.570. The van der Waals surface area contributed by atoms with E-state index < -0.39 is 20.7 Å². The fourth-order valence-electron chi connectivity index (χ4n) is 2.19. The Hall–Kier alpha value is -1.34. The van der Waals surface area contributed by atoms with E-state index in [4.69, 9.17) is 0 Å². The predicted molar refractivity (Wildman–Crippen MR) is 109 cm³/mol. The van der Waals surface area contributed by atoms with Crippen molar-refractivity contribution < 1.29 is 12.8 Å². The van der Waals surface area contributed by atoms with Crippen molar-refractivity contribution in [2.45, 2.75) is 17.7 Å². The van der Waals surface area contributed by atoms with E-state index in [0.29, 0.717) is 16.7 Å². The highest BCUT2D eigenvalue weighted by Crippen LogP contribution is 2.29. The fourth-order valence-corrected chi connectivity index (χ4v) is 4.58. The summed E-state index contributed by atoms with van der Waals surface area (Å²) in [6.45, 7) is 3.41. The number of nitrogens with zero attached hydrogens (tertiary/aromatic N) is 2. The first-order chi connectivity index (χ1) is 12.9. The second kappa shape index (κ2) is 10.9. The summed E-state index contributed by atoms with van der Waals surface area (Å²) in [6.07, 6.45) is 3.10. The molecule has 0 aliphatic heterocycles. The number of hydrogen-bond donors (Lipinski definition) is 4. The summed E-state index contributed by atoms with van der Waals surface area (Å²) in [7, 11) is -2.17. The van der Waals surface area contributed by atoms with E-state index in [1.165, 1.54) is 18.5 Å². The molecule has 0 saturated carbocycles. The molecule has 12 heteroatoms. The number of likely N-dealkylation sites (N-methyl/N-ethyl adjacent to an activating group) is 1. The summed E-state index contributed by atoms with van der Waals surface area (Å²) in [6, 6.07) is 2.41. The Morgan fingerprint density at radius 1 is 1.19 bits per heavy atom. The number of aromatic nitrogens is 2. The smallest absolute Gasteiger partial charge is 0.266 e. The number of sulfonamides is 1. The quantitative estimate of drug-likeness (QED) is 0.345. The molecule has 1 aromatic heterocycles. The van der Waals surface area contributed by atoms with E-state index in [0.717, 1.165) is 44.0 Å². The van der Waals surface area contributed by atoms with Crippen molar-refractivity contribution in [3.63, 3.8) is 0 Å². The maximum Gasteiger partial charge on any atom is 0.266 e. The third-order valence-electron chi connectivity index (χ3n) is 3.54. The SMILES string of the molecule is CNCCNCCCCNc1cc(F)c(S(=O)(=O)Nc2ncns2)cc1Br. The predicted octanol–water partition coefficient (Wildman–Crippen LogP) is 2.24. The third-order valence-corrected chi connectivity index (χ3v) is 6.26. The highest BCUT2D eigenvalue weighted by atomic mass is 79.9. The molecule has 150 valence electrons. The first-order valence-corrected chi connectivity index (χ1v) is 11.4. The van der Waals surface area contributed by atoms with Gasteiger partial charge in [-0.1, -0.05) is 0 Å². The average Bonchev–Trinajstić information content (AvgIpc) is 3.11. The zero-order chi connectivity index (χ0) is 19.7. The lowest BCUT2D eigenvalue weighted by Crippen LogP contribution is -2.25. The van der Waals surface area contributed by atoms with Crippen molar-refractivity contribution in [1.29, 1.82) is 0 Å². The lowest BCUT2D eigenvalue weighted by Gasteiger charge is -2.12. The average molecular weight is 481 g/mol. The summed E-state index contributed by atoms with van der Waals surface area (Å²) >= 11 is 4.17. The third kappa shape index (κ3) is 6.96. The zero-order valence-electron chi connectivity index (χ0n) is 14.8. The number of hydrogen-bond acceptors (Lipinski definition) is 8. The summed E-state index contributed by atoms with van der Waals surface area (Å²) in [5.74, 6) is -0.841. The molecule has 1 heterocycles. The molecule has 0 saturated heterocycles. The van der Waals surface area contributed by atoms with Crippen molar-refractivity contribution in [1.82, 2.24) is 20.0 Å². The first kappa shape index (κ1) is 22.0. The number of unbranched alkanes of at least 4 members (excludes halogenated alkanes) is 1. The van der Waals surface area contributed by atoms with Crippen LogP contribution in [-0.4, -0.2) is 51.0 Å². The number of benzene rings is 1. The number of nitrogens with one attached hydrogen (secondary N) is 4. The summed E-state index contributed by atoms with van der Waals surface area (Å²) in [5.41, 5.74) is 0.505. The molecule has 0 atom stereocenters. The summed E-state index contributed by atoms with van der Waals surface area (Å²) in [4.78, 5) is 3.29. The Labute approximate surface area is 170 Å². The van der Waals surface area contributed by atoms with Crippen LogP contribution in [0.1, 0.15) is 12.8 Å². The largest absolute Gasteiger partial charge is 0.384 e. The van der Waals surface area contributed by atoms with Crippen molar-refractivity contribution in [3.8, 4) is 0 Å². The first-order valence-electron chi connectivity index (χ1n) is 8.32. The van der Waals surface area contributed by atoms with Crippen molar-refractivity contribution in [2.75, 3.05) is 43.3 Å². The highest BCUT2D eigenvalue weighted by Gasteiger charge is 2.22. The molecule has 1 aromatic carbocycles. The van der Waals surface area contributed by atoms with Gasteiger partial charge in [-0.25, -0.2) is 17.8 Å². The molecule has 0 aliphatic carbocycles. The molecule has 0 aliphatic rings. The van der Waals surface area contributed by atoms with Gasteiger partial charge in [0.25, 0.3) is 10.0 Å². The van der Waals surface area contributed by atoms with Crippen LogP contribution in [0.2, 0.25) is 0 Å². The minimum atomic E-state index is -4.08. The van der Waals surface area contributed by atoms with Crippen LogP contribution in [0.25, 0.3) is 0 Å². The van der Waals surface area contributed by atoms with Crippen LogP contribution in [0, 0.1) is 5.82 Å². The van der Waals surface area contributed by atoms with Crippen LogP contribution in [0.15, 0.2) is 27.8 Å². The standard InChI is InChI=1S/C15H22BrFN6O2S2/c1-18-6-7-19-4-2-3-5-20-13-9-12(17)14(8-11(13)16)27(24,25)23-15-21-10-22-26-15/h8-10,18-20H,2-7H2,1H3,(H,21,22,23). The van der Waals surface area contributed by atoms with Gasteiger partial charge >= 0.3 is 0 Å². The second-order valence-electron chi connectivity index (χ2n) is 5.60. The van der Waals surface area contributed by atoms with E-state index in [1.807, 2.05) is 7.05 Å². The topological polar surface area (TPSA) is 108 Å². The second-order valence-corrected chi connectivity index (χ2v) is 8.89. The normalized spacial score (nSPS) is 11.5. The molecule has 0 spiro atoms.